The first-order valence-electron chi connectivity index (χ1n) is 7.67. The molecule has 2 heterocycles. The molecule has 1 aliphatic heterocycles. The van der Waals surface area contributed by atoms with Gasteiger partial charge in [-0.2, -0.15) is 5.10 Å². The second-order valence-corrected chi connectivity index (χ2v) is 7.15. The van der Waals surface area contributed by atoms with E-state index in [-0.39, 0.29) is 11.2 Å². The Labute approximate surface area is 122 Å². The zero-order chi connectivity index (χ0) is 15.0. The zero-order valence-corrected chi connectivity index (χ0v) is 13.7. The van der Waals surface area contributed by atoms with E-state index in [1.807, 2.05) is 17.9 Å². The SMILES string of the molecule is CCCNC(c1cnn(C)c1)C1CC(C)(C)OC1(C)C. The fourth-order valence-electron chi connectivity index (χ4n) is 3.52. The van der Waals surface area contributed by atoms with Crippen LogP contribution in [0, 0.1) is 5.92 Å². The second kappa shape index (κ2) is 5.49. The normalized spacial score (nSPS) is 25.8. The molecule has 1 fully saturated rings. The minimum absolute atomic E-state index is 0.0531. The van der Waals surface area contributed by atoms with Gasteiger partial charge in [-0.3, -0.25) is 4.68 Å². The summed E-state index contributed by atoms with van der Waals surface area (Å²) in [5.74, 6) is 0.452. The van der Waals surface area contributed by atoms with Crippen molar-refractivity contribution in [3.8, 4) is 0 Å². The van der Waals surface area contributed by atoms with Crippen LogP contribution in [0.3, 0.4) is 0 Å². The predicted octanol–water partition coefficient (Wildman–Crippen LogP) is 3.05. The standard InChI is InChI=1S/C16H29N3O/c1-7-8-17-14(12-10-18-19(6)11-12)13-9-15(2,3)20-16(13,4)5/h10-11,13-14,17H,7-9H2,1-6H3. The van der Waals surface area contributed by atoms with E-state index >= 15 is 0 Å². The maximum Gasteiger partial charge on any atom is 0.0681 e. The quantitative estimate of drug-likeness (QED) is 0.900. The summed E-state index contributed by atoms with van der Waals surface area (Å²) in [5, 5.41) is 8.04. The molecule has 0 radical (unpaired) electrons. The van der Waals surface area contributed by atoms with Crippen molar-refractivity contribution in [1.29, 1.82) is 0 Å². The van der Waals surface area contributed by atoms with Gasteiger partial charge < -0.3 is 10.1 Å². The maximum atomic E-state index is 6.27. The van der Waals surface area contributed by atoms with Crippen molar-refractivity contribution < 1.29 is 4.74 Å². The lowest BCUT2D eigenvalue weighted by Crippen LogP contribution is -2.38. The molecule has 0 saturated carbocycles. The largest absolute Gasteiger partial charge is 0.369 e. The summed E-state index contributed by atoms with van der Waals surface area (Å²) in [7, 11) is 1.97. The van der Waals surface area contributed by atoms with Gasteiger partial charge in [0.1, 0.15) is 0 Å². The first kappa shape index (κ1) is 15.5. The van der Waals surface area contributed by atoms with Gasteiger partial charge in [0, 0.05) is 30.8 Å². The molecule has 0 bridgehead atoms. The summed E-state index contributed by atoms with van der Waals surface area (Å²) in [4.78, 5) is 0. The summed E-state index contributed by atoms with van der Waals surface area (Å²) in [5.41, 5.74) is 1.09. The van der Waals surface area contributed by atoms with Gasteiger partial charge in [-0.15, -0.1) is 0 Å². The van der Waals surface area contributed by atoms with Gasteiger partial charge in [-0.1, -0.05) is 6.92 Å². The molecule has 2 rings (SSSR count). The average molecular weight is 279 g/mol. The van der Waals surface area contributed by atoms with Crippen molar-refractivity contribution in [2.75, 3.05) is 6.54 Å². The third-order valence-electron chi connectivity index (χ3n) is 4.24. The molecular weight excluding hydrogens is 250 g/mol. The Morgan fingerprint density at radius 1 is 1.45 bits per heavy atom. The van der Waals surface area contributed by atoms with E-state index in [2.05, 4.69) is 51.2 Å². The van der Waals surface area contributed by atoms with Crippen LogP contribution in [0.2, 0.25) is 0 Å². The molecule has 0 spiro atoms. The Bertz CT molecular complexity index is 450. The van der Waals surface area contributed by atoms with Crippen LogP contribution in [0.1, 0.15) is 59.1 Å². The Kier molecular flexibility index (Phi) is 4.26. The van der Waals surface area contributed by atoms with E-state index in [9.17, 15) is 0 Å². The van der Waals surface area contributed by atoms with Crippen LogP contribution < -0.4 is 5.32 Å². The van der Waals surface area contributed by atoms with E-state index in [0.29, 0.717) is 12.0 Å². The van der Waals surface area contributed by atoms with Gasteiger partial charge in [0.15, 0.2) is 0 Å². The van der Waals surface area contributed by atoms with Crippen molar-refractivity contribution in [3.63, 3.8) is 0 Å². The smallest absolute Gasteiger partial charge is 0.0681 e. The number of aryl methyl sites for hydroxylation is 1. The van der Waals surface area contributed by atoms with Gasteiger partial charge in [0.25, 0.3) is 0 Å². The summed E-state index contributed by atoms with van der Waals surface area (Å²) in [6.45, 7) is 12.0. The molecule has 114 valence electrons. The third-order valence-corrected chi connectivity index (χ3v) is 4.24. The zero-order valence-electron chi connectivity index (χ0n) is 13.7. The van der Waals surface area contributed by atoms with Crippen LogP contribution in [0.5, 0.6) is 0 Å². The Balaban J connectivity index is 2.27. The molecular formula is C16H29N3O. The summed E-state index contributed by atoms with van der Waals surface area (Å²) in [6, 6.07) is 0.306. The molecule has 2 atom stereocenters. The number of aromatic nitrogens is 2. The third kappa shape index (κ3) is 3.23. The molecule has 0 aromatic carbocycles. The predicted molar refractivity (Wildman–Crippen MR) is 81.6 cm³/mol. The molecule has 0 amide bonds. The first-order chi connectivity index (χ1) is 9.25. The van der Waals surface area contributed by atoms with Crippen LogP contribution in [0.15, 0.2) is 12.4 Å². The van der Waals surface area contributed by atoms with E-state index in [4.69, 9.17) is 4.74 Å². The van der Waals surface area contributed by atoms with Crippen molar-refractivity contribution in [2.45, 2.75) is 64.7 Å². The monoisotopic (exact) mass is 279 g/mol. The van der Waals surface area contributed by atoms with E-state index in [0.717, 1.165) is 19.4 Å². The molecule has 0 aliphatic carbocycles. The van der Waals surface area contributed by atoms with E-state index in [1.165, 1.54) is 5.56 Å². The molecule has 1 saturated heterocycles. The van der Waals surface area contributed by atoms with Crippen molar-refractivity contribution >= 4 is 0 Å². The first-order valence-corrected chi connectivity index (χ1v) is 7.67. The van der Waals surface area contributed by atoms with Gasteiger partial charge in [0.2, 0.25) is 0 Å². The van der Waals surface area contributed by atoms with Crippen LogP contribution in [0.4, 0.5) is 0 Å². The molecule has 1 aromatic rings. The fourth-order valence-corrected chi connectivity index (χ4v) is 3.52. The lowest BCUT2D eigenvalue weighted by atomic mass is 9.79. The number of rotatable bonds is 5. The Morgan fingerprint density at radius 3 is 2.60 bits per heavy atom. The number of hydrogen-bond acceptors (Lipinski definition) is 3. The Morgan fingerprint density at radius 2 is 2.15 bits per heavy atom. The summed E-state index contributed by atoms with van der Waals surface area (Å²) < 4.78 is 8.15. The van der Waals surface area contributed by atoms with Gasteiger partial charge in [-0.05, 0) is 47.1 Å². The molecule has 4 nitrogen and oxygen atoms in total. The van der Waals surface area contributed by atoms with Crippen molar-refractivity contribution in [3.05, 3.63) is 18.0 Å². The Hall–Kier alpha value is -0.870. The molecule has 1 aromatic heterocycles. The topological polar surface area (TPSA) is 39.1 Å². The molecule has 1 aliphatic rings. The number of ether oxygens (including phenoxy) is 1. The number of nitrogens with one attached hydrogen (secondary N) is 1. The van der Waals surface area contributed by atoms with E-state index in [1.54, 1.807) is 0 Å². The molecule has 20 heavy (non-hydrogen) atoms. The molecule has 2 unspecified atom stereocenters. The van der Waals surface area contributed by atoms with Gasteiger partial charge in [0.05, 0.1) is 17.4 Å². The van der Waals surface area contributed by atoms with E-state index < -0.39 is 0 Å². The molecule has 4 heteroatoms. The summed E-state index contributed by atoms with van der Waals surface area (Å²) in [6.07, 6.45) is 6.30. The minimum Gasteiger partial charge on any atom is -0.369 e. The minimum atomic E-state index is -0.120. The lowest BCUT2D eigenvalue weighted by molar-refractivity contribution is -0.0778. The highest BCUT2D eigenvalue weighted by Crippen LogP contribution is 2.47. The lowest BCUT2D eigenvalue weighted by Gasteiger charge is -2.33. The van der Waals surface area contributed by atoms with Crippen LogP contribution in [-0.2, 0) is 11.8 Å². The summed E-state index contributed by atoms with van der Waals surface area (Å²) >= 11 is 0. The maximum absolute atomic E-state index is 6.27. The number of hydrogen-bond donors (Lipinski definition) is 1. The number of nitrogens with zero attached hydrogens (tertiary/aromatic N) is 2. The highest BCUT2D eigenvalue weighted by molar-refractivity contribution is 5.15. The van der Waals surface area contributed by atoms with Crippen molar-refractivity contribution in [1.82, 2.24) is 15.1 Å². The van der Waals surface area contributed by atoms with Crippen LogP contribution >= 0.6 is 0 Å². The second-order valence-electron chi connectivity index (χ2n) is 7.15. The highest BCUT2D eigenvalue weighted by atomic mass is 16.5. The fraction of sp³-hybridized carbons (Fsp3) is 0.812. The molecule has 1 N–H and O–H groups in total. The van der Waals surface area contributed by atoms with Crippen LogP contribution in [0.25, 0.3) is 0 Å². The van der Waals surface area contributed by atoms with Gasteiger partial charge in [-0.25, -0.2) is 0 Å². The van der Waals surface area contributed by atoms with Crippen LogP contribution in [-0.4, -0.2) is 27.5 Å². The average Bonchev–Trinajstić information content (AvgIpc) is 2.81. The highest BCUT2D eigenvalue weighted by Gasteiger charge is 2.49. The van der Waals surface area contributed by atoms with Gasteiger partial charge >= 0.3 is 0 Å². The van der Waals surface area contributed by atoms with Crippen molar-refractivity contribution in [2.24, 2.45) is 13.0 Å².